The number of thiophene rings is 1. The zero-order valence-electron chi connectivity index (χ0n) is 9.95. The van der Waals surface area contributed by atoms with Crippen LogP contribution in [-0.2, 0) is 13.2 Å². The van der Waals surface area contributed by atoms with Gasteiger partial charge in [-0.05, 0) is 24.6 Å². The first-order valence-corrected chi connectivity index (χ1v) is 5.97. The molecular weight excluding hydrogens is 281 g/mol. The highest BCUT2D eigenvalue weighted by Crippen LogP contribution is 2.36. The summed E-state index contributed by atoms with van der Waals surface area (Å²) in [5.41, 5.74) is -0.129. The van der Waals surface area contributed by atoms with Crippen LogP contribution in [0.2, 0.25) is 0 Å². The third-order valence-electron chi connectivity index (χ3n) is 2.53. The molecule has 0 fully saturated rings. The van der Waals surface area contributed by atoms with E-state index in [4.69, 9.17) is 5.11 Å². The zero-order chi connectivity index (χ0) is 14.4. The van der Waals surface area contributed by atoms with Gasteiger partial charge in [-0.1, -0.05) is 0 Å². The van der Waals surface area contributed by atoms with Crippen molar-refractivity contribution in [2.75, 3.05) is 0 Å². The zero-order valence-corrected chi connectivity index (χ0v) is 10.8. The van der Waals surface area contributed by atoms with Gasteiger partial charge < -0.3 is 5.11 Å². The van der Waals surface area contributed by atoms with Crippen molar-refractivity contribution in [3.63, 3.8) is 0 Å². The fraction of sp³-hybridized carbons (Fsp3) is 0.273. The number of rotatable bonds is 2. The predicted octanol–water partition coefficient (Wildman–Crippen LogP) is 3.17. The van der Waals surface area contributed by atoms with Crippen LogP contribution < -0.4 is 0 Å². The summed E-state index contributed by atoms with van der Waals surface area (Å²) in [6, 6.07) is 2.35. The molecule has 8 heteroatoms. The van der Waals surface area contributed by atoms with Crippen molar-refractivity contribution in [3.05, 3.63) is 28.3 Å². The minimum absolute atomic E-state index is 0.0854. The van der Waals surface area contributed by atoms with Crippen LogP contribution in [0.3, 0.4) is 0 Å². The third kappa shape index (κ3) is 2.48. The van der Waals surface area contributed by atoms with E-state index >= 15 is 0 Å². The van der Waals surface area contributed by atoms with E-state index in [1.807, 2.05) is 0 Å². The normalized spacial score (nSPS) is 11.8. The van der Waals surface area contributed by atoms with E-state index in [9.17, 15) is 18.0 Å². The van der Waals surface area contributed by atoms with E-state index < -0.39 is 17.8 Å². The summed E-state index contributed by atoms with van der Waals surface area (Å²) >= 11 is 0.931. The van der Waals surface area contributed by atoms with E-state index in [-0.39, 0.29) is 10.6 Å². The average molecular weight is 290 g/mol. The summed E-state index contributed by atoms with van der Waals surface area (Å²) in [6.45, 7) is 1.65. The molecule has 0 spiro atoms. The first kappa shape index (κ1) is 13.6. The summed E-state index contributed by atoms with van der Waals surface area (Å²) in [4.78, 5) is 11.4. The van der Waals surface area contributed by atoms with Gasteiger partial charge in [0.2, 0.25) is 0 Å². The maximum Gasteiger partial charge on any atom is 0.435 e. The molecule has 0 saturated carbocycles. The Morgan fingerprint density at radius 3 is 2.47 bits per heavy atom. The second-order valence-corrected chi connectivity index (χ2v) is 5.02. The summed E-state index contributed by atoms with van der Waals surface area (Å²) < 4.78 is 38.8. The standard InChI is InChI=1S/C11H9F3N2O2S/c1-5-3-7(10(17)18)19-9(5)6-4-8(11(12,13)14)15-16(6)2/h3-4H,1-2H3,(H,17,18). The molecule has 0 aliphatic carbocycles. The van der Waals surface area contributed by atoms with Gasteiger partial charge in [0.25, 0.3) is 0 Å². The molecule has 0 bridgehead atoms. The smallest absolute Gasteiger partial charge is 0.435 e. The minimum Gasteiger partial charge on any atom is -0.477 e. The van der Waals surface area contributed by atoms with Crippen LogP contribution >= 0.6 is 11.3 Å². The summed E-state index contributed by atoms with van der Waals surface area (Å²) in [7, 11) is 1.39. The highest BCUT2D eigenvalue weighted by atomic mass is 32.1. The maximum atomic E-state index is 12.6. The minimum atomic E-state index is -4.52. The molecule has 0 aliphatic rings. The van der Waals surface area contributed by atoms with Gasteiger partial charge in [-0.2, -0.15) is 18.3 Å². The second kappa shape index (κ2) is 4.37. The Labute approximate surface area is 110 Å². The second-order valence-electron chi connectivity index (χ2n) is 3.96. The number of hydrogen-bond donors (Lipinski definition) is 1. The molecule has 0 saturated heterocycles. The van der Waals surface area contributed by atoms with Crippen LogP contribution in [0.5, 0.6) is 0 Å². The summed E-state index contributed by atoms with van der Waals surface area (Å²) in [5.74, 6) is -1.10. The number of carboxylic acid groups (broad SMARTS) is 1. The van der Waals surface area contributed by atoms with Crippen molar-refractivity contribution in [2.45, 2.75) is 13.1 Å². The number of carboxylic acids is 1. The molecule has 0 aliphatic heterocycles. The molecule has 0 radical (unpaired) electrons. The Morgan fingerprint density at radius 2 is 2.05 bits per heavy atom. The molecular formula is C11H9F3N2O2S. The number of aromatic nitrogens is 2. The molecule has 2 heterocycles. The third-order valence-corrected chi connectivity index (χ3v) is 3.78. The van der Waals surface area contributed by atoms with Gasteiger partial charge in [0.15, 0.2) is 5.69 Å². The van der Waals surface area contributed by atoms with E-state index in [0.29, 0.717) is 10.4 Å². The highest BCUT2D eigenvalue weighted by molar-refractivity contribution is 7.17. The number of hydrogen-bond acceptors (Lipinski definition) is 3. The van der Waals surface area contributed by atoms with Gasteiger partial charge in [-0.3, -0.25) is 4.68 Å². The number of nitrogens with zero attached hydrogens (tertiary/aromatic N) is 2. The van der Waals surface area contributed by atoms with Crippen LogP contribution in [0.4, 0.5) is 13.2 Å². The lowest BCUT2D eigenvalue weighted by atomic mass is 10.2. The Morgan fingerprint density at radius 1 is 1.42 bits per heavy atom. The van der Waals surface area contributed by atoms with Crippen LogP contribution in [0.15, 0.2) is 12.1 Å². The van der Waals surface area contributed by atoms with Crippen molar-refractivity contribution in [3.8, 4) is 10.6 Å². The van der Waals surface area contributed by atoms with E-state index in [0.717, 1.165) is 22.1 Å². The van der Waals surface area contributed by atoms with E-state index in [2.05, 4.69) is 5.10 Å². The highest BCUT2D eigenvalue weighted by Gasteiger charge is 2.35. The predicted molar refractivity (Wildman–Crippen MR) is 63.2 cm³/mol. The molecule has 2 rings (SSSR count). The van der Waals surface area contributed by atoms with Gasteiger partial charge in [-0.25, -0.2) is 4.79 Å². The van der Waals surface area contributed by atoms with Gasteiger partial charge >= 0.3 is 12.1 Å². The fourth-order valence-electron chi connectivity index (χ4n) is 1.66. The SMILES string of the molecule is Cc1cc(C(=O)O)sc1-c1cc(C(F)(F)F)nn1C. The van der Waals surface area contributed by atoms with Crippen molar-refractivity contribution in [2.24, 2.45) is 7.05 Å². The van der Waals surface area contributed by atoms with Crippen LogP contribution in [0.1, 0.15) is 20.9 Å². The first-order chi connectivity index (χ1) is 8.70. The number of aromatic carboxylic acids is 1. The molecule has 19 heavy (non-hydrogen) atoms. The number of aryl methyl sites for hydroxylation is 2. The lowest BCUT2D eigenvalue weighted by Crippen LogP contribution is -2.06. The number of carbonyl (C=O) groups is 1. The molecule has 2 aromatic rings. The number of halogens is 3. The topological polar surface area (TPSA) is 55.1 Å². The van der Waals surface area contributed by atoms with Gasteiger partial charge in [0.1, 0.15) is 4.88 Å². The summed E-state index contributed by atoms with van der Waals surface area (Å²) in [6.07, 6.45) is -4.52. The van der Waals surface area contributed by atoms with Crippen molar-refractivity contribution >= 4 is 17.3 Å². The lowest BCUT2D eigenvalue weighted by Gasteiger charge is -1.99. The van der Waals surface area contributed by atoms with E-state index in [1.165, 1.54) is 13.1 Å². The van der Waals surface area contributed by atoms with Gasteiger partial charge in [0, 0.05) is 7.05 Å². The lowest BCUT2D eigenvalue weighted by molar-refractivity contribution is -0.141. The molecule has 2 aromatic heterocycles. The van der Waals surface area contributed by atoms with Crippen molar-refractivity contribution < 1.29 is 23.1 Å². The molecule has 0 amide bonds. The molecule has 0 unspecified atom stereocenters. The van der Waals surface area contributed by atoms with Crippen LogP contribution in [0.25, 0.3) is 10.6 Å². The molecule has 102 valence electrons. The summed E-state index contributed by atoms with van der Waals surface area (Å²) in [5, 5.41) is 12.3. The largest absolute Gasteiger partial charge is 0.477 e. The van der Waals surface area contributed by atoms with Crippen LogP contribution in [-0.4, -0.2) is 20.9 Å². The first-order valence-electron chi connectivity index (χ1n) is 5.15. The molecule has 4 nitrogen and oxygen atoms in total. The van der Waals surface area contributed by atoms with Crippen molar-refractivity contribution in [1.29, 1.82) is 0 Å². The Hall–Kier alpha value is -1.83. The average Bonchev–Trinajstić information content (AvgIpc) is 2.81. The Balaban J connectivity index is 2.53. The molecule has 1 N–H and O–H groups in total. The van der Waals surface area contributed by atoms with Gasteiger partial charge in [-0.15, -0.1) is 11.3 Å². The maximum absolute atomic E-state index is 12.6. The molecule has 0 atom stereocenters. The fourth-order valence-corrected chi connectivity index (χ4v) is 2.72. The monoisotopic (exact) mass is 290 g/mol. The van der Waals surface area contributed by atoms with Gasteiger partial charge in [0.05, 0.1) is 10.6 Å². The number of alkyl halides is 3. The Kier molecular flexibility index (Phi) is 3.13. The van der Waals surface area contributed by atoms with Crippen molar-refractivity contribution in [1.82, 2.24) is 9.78 Å². The molecule has 0 aromatic carbocycles. The van der Waals surface area contributed by atoms with Crippen LogP contribution in [0, 0.1) is 6.92 Å². The quantitative estimate of drug-likeness (QED) is 0.924. The van der Waals surface area contributed by atoms with E-state index in [1.54, 1.807) is 6.92 Å². The Bertz CT molecular complexity index is 643.